The molecule has 1 N–H and O–H groups in total. The van der Waals surface area contributed by atoms with E-state index < -0.39 is 0 Å². The molecular weight excluding hydrogens is 284 g/mol. The van der Waals surface area contributed by atoms with E-state index in [-0.39, 0.29) is 17.7 Å². The lowest BCUT2D eigenvalue weighted by Gasteiger charge is -2.31. The fourth-order valence-electron chi connectivity index (χ4n) is 2.51. The summed E-state index contributed by atoms with van der Waals surface area (Å²) in [6.45, 7) is 7.31. The quantitative estimate of drug-likeness (QED) is 0.869. The highest BCUT2D eigenvalue weighted by Crippen LogP contribution is 2.17. The first-order valence-electron chi connectivity index (χ1n) is 7.23. The van der Waals surface area contributed by atoms with Crippen LogP contribution in [0.3, 0.4) is 0 Å². The lowest BCUT2D eigenvalue weighted by atomic mass is 10.0. The Labute approximate surface area is 130 Å². The molecule has 0 radical (unpaired) electrons. The third kappa shape index (κ3) is 4.08. The lowest BCUT2D eigenvalue weighted by molar-refractivity contribution is -0.120. The van der Waals surface area contributed by atoms with Crippen molar-refractivity contribution >= 4 is 29.1 Å². The van der Waals surface area contributed by atoms with Crippen molar-refractivity contribution in [1.29, 1.82) is 0 Å². The predicted molar refractivity (Wildman–Crippen MR) is 88.2 cm³/mol. The Hall–Kier alpha value is -1.33. The molecule has 0 unspecified atom stereocenters. The molecule has 114 valence electrons. The van der Waals surface area contributed by atoms with E-state index in [2.05, 4.69) is 10.2 Å². The molecule has 0 saturated carbocycles. The standard InChI is InChI=1S/C16H22N2O2S/c1-11-10-14(4-5-15(11)13(3)19)17-16(20)12(2)18-6-8-21-9-7-18/h4-5,10,12H,6-9H2,1-3H3,(H,17,20)/t12-/m0/s1. The van der Waals surface area contributed by atoms with Gasteiger partial charge in [-0.1, -0.05) is 0 Å². The molecule has 1 atom stereocenters. The molecule has 1 heterocycles. The molecule has 0 spiro atoms. The number of thioether (sulfide) groups is 1. The maximum absolute atomic E-state index is 12.3. The van der Waals surface area contributed by atoms with Gasteiger partial charge in [0.05, 0.1) is 6.04 Å². The van der Waals surface area contributed by atoms with Crippen molar-refractivity contribution in [2.45, 2.75) is 26.8 Å². The van der Waals surface area contributed by atoms with Crippen molar-refractivity contribution < 1.29 is 9.59 Å². The van der Waals surface area contributed by atoms with Gasteiger partial charge < -0.3 is 5.32 Å². The Balaban J connectivity index is 2.01. The molecule has 0 aromatic heterocycles. The summed E-state index contributed by atoms with van der Waals surface area (Å²) in [6.07, 6.45) is 0. The summed E-state index contributed by atoms with van der Waals surface area (Å²) in [5, 5.41) is 2.95. The van der Waals surface area contributed by atoms with Gasteiger partial charge in [-0.05, 0) is 44.5 Å². The molecule has 1 aromatic carbocycles. The number of benzene rings is 1. The van der Waals surface area contributed by atoms with Gasteiger partial charge in [-0.25, -0.2) is 0 Å². The average Bonchev–Trinajstić information content (AvgIpc) is 2.47. The van der Waals surface area contributed by atoms with Crippen LogP contribution >= 0.6 is 11.8 Å². The smallest absolute Gasteiger partial charge is 0.241 e. The molecule has 0 aliphatic carbocycles. The molecule has 0 bridgehead atoms. The number of hydrogen-bond acceptors (Lipinski definition) is 4. The van der Waals surface area contributed by atoms with Crippen LogP contribution in [0.2, 0.25) is 0 Å². The SMILES string of the molecule is CC(=O)c1ccc(NC(=O)[C@H](C)N2CCSCC2)cc1C. The van der Waals surface area contributed by atoms with Crippen LogP contribution in [0.25, 0.3) is 0 Å². The third-order valence-electron chi connectivity index (χ3n) is 3.85. The zero-order chi connectivity index (χ0) is 15.4. The Morgan fingerprint density at radius 3 is 2.52 bits per heavy atom. The second kappa shape index (κ2) is 7.09. The van der Waals surface area contributed by atoms with Crippen LogP contribution in [-0.2, 0) is 4.79 Å². The molecule has 1 aromatic rings. The highest BCUT2D eigenvalue weighted by Gasteiger charge is 2.23. The first-order chi connectivity index (χ1) is 9.99. The number of aryl methyl sites for hydroxylation is 1. The van der Waals surface area contributed by atoms with Crippen molar-refractivity contribution in [2.24, 2.45) is 0 Å². The fraction of sp³-hybridized carbons (Fsp3) is 0.500. The third-order valence-corrected chi connectivity index (χ3v) is 4.79. The van der Waals surface area contributed by atoms with E-state index in [0.717, 1.165) is 35.8 Å². The molecule has 1 fully saturated rings. The van der Waals surface area contributed by atoms with Crippen LogP contribution in [0.4, 0.5) is 5.69 Å². The minimum absolute atomic E-state index is 0.0110. The molecule has 1 amide bonds. The molecule has 2 rings (SSSR count). The molecule has 1 saturated heterocycles. The van der Waals surface area contributed by atoms with E-state index >= 15 is 0 Å². The number of carbonyl (C=O) groups is 2. The van der Waals surface area contributed by atoms with Crippen molar-refractivity contribution in [3.8, 4) is 0 Å². The minimum atomic E-state index is -0.126. The van der Waals surface area contributed by atoms with Crippen LogP contribution in [0.1, 0.15) is 29.8 Å². The molecule has 1 aliphatic heterocycles. The molecular formula is C16H22N2O2S. The van der Waals surface area contributed by atoms with Crippen molar-refractivity contribution in [3.63, 3.8) is 0 Å². The number of hydrogen-bond donors (Lipinski definition) is 1. The highest BCUT2D eigenvalue weighted by molar-refractivity contribution is 7.99. The first-order valence-corrected chi connectivity index (χ1v) is 8.39. The Morgan fingerprint density at radius 2 is 1.95 bits per heavy atom. The normalized spacial score (nSPS) is 17.3. The lowest BCUT2D eigenvalue weighted by Crippen LogP contribution is -2.46. The number of carbonyl (C=O) groups excluding carboxylic acids is 2. The maximum Gasteiger partial charge on any atom is 0.241 e. The largest absolute Gasteiger partial charge is 0.325 e. The monoisotopic (exact) mass is 306 g/mol. The number of nitrogens with one attached hydrogen (secondary N) is 1. The summed E-state index contributed by atoms with van der Waals surface area (Å²) in [5.41, 5.74) is 2.34. The number of ketones is 1. The first kappa shape index (κ1) is 16.0. The van der Waals surface area contributed by atoms with Gasteiger partial charge in [-0.2, -0.15) is 11.8 Å². The molecule has 21 heavy (non-hydrogen) atoms. The average molecular weight is 306 g/mol. The summed E-state index contributed by atoms with van der Waals surface area (Å²) < 4.78 is 0. The second-order valence-electron chi connectivity index (χ2n) is 5.40. The Morgan fingerprint density at radius 1 is 1.29 bits per heavy atom. The fourth-order valence-corrected chi connectivity index (χ4v) is 3.45. The van der Waals surface area contributed by atoms with Gasteiger partial charge in [0.2, 0.25) is 5.91 Å². The molecule has 1 aliphatic rings. The number of Topliss-reactive ketones (excluding diaryl/α,β-unsaturated/α-hetero) is 1. The Kier molecular flexibility index (Phi) is 5.42. The number of nitrogens with zero attached hydrogens (tertiary/aromatic N) is 1. The topological polar surface area (TPSA) is 49.4 Å². The van der Waals surface area contributed by atoms with Gasteiger partial charge in [0.1, 0.15) is 0 Å². The van der Waals surface area contributed by atoms with E-state index in [1.54, 1.807) is 19.1 Å². The van der Waals surface area contributed by atoms with Gasteiger partial charge in [0.15, 0.2) is 5.78 Å². The van der Waals surface area contributed by atoms with Crippen molar-refractivity contribution in [1.82, 2.24) is 4.90 Å². The van der Waals surface area contributed by atoms with Crippen LogP contribution in [0.5, 0.6) is 0 Å². The van der Waals surface area contributed by atoms with Gasteiger partial charge in [-0.3, -0.25) is 14.5 Å². The summed E-state index contributed by atoms with van der Waals surface area (Å²) in [5.74, 6) is 2.23. The number of rotatable bonds is 4. The summed E-state index contributed by atoms with van der Waals surface area (Å²) in [4.78, 5) is 25.9. The summed E-state index contributed by atoms with van der Waals surface area (Å²) in [7, 11) is 0. The van der Waals surface area contributed by atoms with Crippen LogP contribution in [0, 0.1) is 6.92 Å². The number of anilines is 1. The van der Waals surface area contributed by atoms with E-state index in [4.69, 9.17) is 0 Å². The van der Waals surface area contributed by atoms with Crippen LogP contribution in [-0.4, -0.2) is 47.2 Å². The zero-order valence-corrected chi connectivity index (χ0v) is 13.6. The van der Waals surface area contributed by atoms with Crippen LogP contribution < -0.4 is 5.32 Å². The number of amides is 1. The summed E-state index contributed by atoms with van der Waals surface area (Å²) in [6, 6.07) is 5.29. The van der Waals surface area contributed by atoms with Gasteiger partial charge in [-0.15, -0.1) is 0 Å². The predicted octanol–water partition coefficient (Wildman–Crippen LogP) is 2.57. The highest BCUT2D eigenvalue weighted by atomic mass is 32.2. The van der Waals surface area contributed by atoms with E-state index in [1.165, 1.54) is 0 Å². The van der Waals surface area contributed by atoms with E-state index in [1.807, 2.05) is 31.7 Å². The second-order valence-corrected chi connectivity index (χ2v) is 6.62. The van der Waals surface area contributed by atoms with E-state index in [9.17, 15) is 9.59 Å². The Bertz CT molecular complexity index is 539. The van der Waals surface area contributed by atoms with Crippen molar-refractivity contribution in [3.05, 3.63) is 29.3 Å². The van der Waals surface area contributed by atoms with Crippen molar-refractivity contribution in [2.75, 3.05) is 29.9 Å². The zero-order valence-electron chi connectivity index (χ0n) is 12.8. The van der Waals surface area contributed by atoms with Gasteiger partial charge in [0, 0.05) is 35.8 Å². The van der Waals surface area contributed by atoms with Crippen LogP contribution in [0.15, 0.2) is 18.2 Å². The minimum Gasteiger partial charge on any atom is -0.325 e. The van der Waals surface area contributed by atoms with Gasteiger partial charge in [0.25, 0.3) is 0 Å². The molecule has 4 nitrogen and oxygen atoms in total. The summed E-state index contributed by atoms with van der Waals surface area (Å²) >= 11 is 1.93. The maximum atomic E-state index is 12.3. The molecule has 5 heteroatoms. The van der Waals surface area contributed by atoms with E-state index in [0.29, 0.717) is 5.56 Å². The van der Waals surface area contributed by atoms with Gasteiger partial charge >= 0.3 is 0 Å².